The van der Waals surface area contributed by atoms with Crippen LogP contribution in [-0.4, -0.2) is 57.2 Å². The highest BCUT2D eigenvalue weighted by Gasteiger charge is 2.09. The van der Waals surface area contributed by atoms with Crippen molar-refractivity contribution in [2.75, 3.05) is 33.8 Å². The van der Waals surface area contributed by atoms with Crippen LogP contribution in [0.4, 0.5) is 8.78 Å². The van der Waals surface area contributed by atoms with Crippen LogP contribution < -0.4 is 20.1 Å². The molecular formula is C22H28F2N4O3. The lowest BCUT2D eigenvalue weighted by atomic mass is 10.2. The van der Waals surface area contributed by atoms with Gasteiger partial charge in [0.2, 0.25) is 0 Å². The predicted octanol–water partition coefficient (Wildman–Crippen LogP) is 3.12. The highest BCUT2D eigenvalue weighted by Crippen LogP contribution is 2.16. The van der Waals surface area contributed by atoms with Crippen molar-refractivity contribution in [2.45, 2.75) is 20.1 Å². The Morgan fingerprint density at radius 3 is 2.52 bits per heavy atom. The third-order valence-electron chi connectivity index (χ3n) is 4.26. The van der Waals surface area contributed by atoms with Crippen LogP contribution >= 0.6 is 0 Å². The molecule has 0 bridgehead atoms. The maximum absolute atomic E-state index is 12.3. The van der Waals surface area contributed by atoms with Crippen LogP contribution in [-0.2, 0) is 6.54 Å². The van der Waals surface area contributed by atoms with Crippen LogP contribution in [0.3, 0.4) is 0 Å². The molecule has 2 aromatic rings. The third kappa shape index (κ3) is 8.12. The number of alkyl halides is 2. The van der Waals surface area contributed by atoms with E-state index in [0.717, 1.165) is 5.56 Å². The first-order chi connectivity index (χ1) is 14.9. The van der Waals surface area contributed by atoms with Crippen molar-refractivity contribution >= 4 is 11.9 Å². The standard InChI is InChI=1S/C22H28F2N4O3/c1-4-25-22(28(2)15-16-8-10-18(11-9-16)31-21(23)24)27-13-12-26-20(29)17-6-5-7-19(14-17)30-3/h5-11,14,21H,4,12-13,15H2,1-3H3,(H,25,27)(H,26,29). The summed E-state index contributed by atoms with van der Waals surface area (Å²) < 4.78 is 34.0. The summed E-state index contributed by atoms with van der Waals surface area (Å²) in [5.74, 6) is 1.22. The molecule has 1 amide bonds. The van der Waals surface area contributed by atoms with Crippen LogP contribution in [0.1, 0.15) is 22.8 Å². The summed E-state index contributed by atoms with van der Waals surface area (Å²) in [7, 11) is 3.43. The summed E-state index contributed by atoms with van der Waals surface area (Å²) in [5.41, 5.74) is 1.44. The Morgan fingerprint density at radius 2 is 1.87 bits per heavy atom. The van der Waals surface area contributed by atoms with E-state index in [9.17, 15) is 13.6 Å². The molecule has 7 nitrogen and oxygen atoms in total. The Labute approximate surface area is 181 Å². The molecular weight excluding hydrogens is 406 g/mol. The molecule has 0 aliphatic heterocycles. The molecule has 9 heteroatoms. The van der Waals surface area contributed by atoms with Gasteiger partial charge in [-0.1, -0.05) is 18.2 Å². The van der Waals surface area contributed by atoms with Crippen molar-refractivity contribution < 1.29 is 23.0 Å². The van der Waals surface area contributed by atoms with Gasteiger partial charge in [0.25, 0.3) is 5.91 Å². The van der Waals surface area contributed by atoms with Crippen molar-refractivity contribution in [2.24, 2.45) is 4.99 Å². The number of amides is 1. The van der Waals surface area contributed by atoms with Gasteiger partial charge in [0.1, 0.15) is 11.5 Å². The van der Waals surface area contributed by atoms with Crippen molar-refractivity contribution in [3.05, 3.63) is 59.7 Å². The Balaban J connectivity index is 1.89. The lowest BCUT2D eigenvalue weighted by Crippen LogP contribution is -2.39. The molecule has 0 unspecified atom stereocenters. The molecule has 0 atom stereocenters. The molecule has 0 radical (unpaired) electrons. The number of nitrogens with zero attached hydrogens (tertiary/aromatic N) is 2. The van der Waals surface area contributed by atoms with E-state index in [4.69, 9.17) is 4.74 Å². The number of carbonyl (C=O) groups excluding carboxylic acids is 1. The summed E-state index contributed by atoms with van der Waals surface area (Å²) >= 11 is 0. The normalized spacial score (nSPS) is 11.2. The van der Waals surface area contributed by atoms with E-state index in [-0.39, 0.29) is 11.7 Å². The van der Waals surface area contributed by atoms with Gasteiger partial charge in [-0.05, 0) is 42.8 Å². The molecule has 0 spiro atoms. The predicted molar refractivity (Wildman–Crippen MR) is 116 cm³/mol. The molecule has 0 aliphatic carbocycles. The molecule has 0 heterocycles. The van der Waals surface area contributed by atoms with Gasteiger partial charge in [-0.2, -0.15) is 8.78 Å². The molecule has 2 aromatic carbocycles. The fraction of sp³-hybridized carbons (Fsp3) is 0.364. The third-order valence-corrected chi connectivity index (χ3v) is 4.26. The zero-order chi connectivity index (χ0) is 22.6. The van der Waals surface area contributed by atoms with Gasteiger partial charge in [-0.15, -0.1) is 0 Å². The van der Waals surface area contributed by atoms with E-state index in [0.29, 0.717) is 43.5 Å². The number of carbonyl (C=O) groups is 1. The fourth-order valence-electron chi connectivity index (χ4n) is 2.79. The minimum absolute atomic E-state index is 0.119. The first-order valence-electron chi connectivity index (χ1n) is 9.88. The van der Waals surface area contributed by atoms with Crippen molar-refractivity contribution in [1.29, 1.82) is 0 Å². The van der Waals surface area contributed by atoms with E-state index in [1.54, 1.807) is 43.5 Å². The Morgan fingerprint density at radius 1 is 1.13 bits per heavy atom. The van der Waals surface area contributed by atoms with E-state index in [1.165, 1.54) is 12.1 Å². The highest BCUT2D eigenvalue weighted by atomic mass is 19.3. The van der Waals surface area contributed by atoms with Crippen LogP contribution in [0.15, 0.2) is 53.5 Å². The summed E-state index contributed by atoms with van der Waals surface area (Å²) in [6.45, 7) is 1.09. The lowest BCUT2D eigenvalue weighted by Gasteiger charge is -2.22. The first kappa shape index (κ1) is 23.9. The second-order valence-corrected chi connectivity index (χ2v) is 6.60. The van der Waals surface area contributed by atoms with E-state index in [2.05, 4.69) is 20.4 Å². The summed E-state index contributed by atoms with van der Waals surface area (Å²) in [6.07, 6.45) is 0. The number of rotatable bonds is 10. The molecule has 0 aliphatic rings. The van der Waals surface area contributed by atoms with Crippen molar-refractivity contribution in [3.8, 4) is 11.5 Å². The number of benzene rings is 2. The number of ether oxygens (including phenoxy) is 2. The lowest BCUT2D eigenvalue weighted by molar-refractivity contribution is -0.0498. The molecule has 0 aromatic heterocycles. The smallest absolute Gasteiger partial charge is 0.387 e. The highest BCUT2D eigenvalue weighted by molar-refractivity contribution is 5.94. The molecule has 0 saturated carbocycles. The average molecular weight is 434 g/mol. The van der Waals surface area contributed by atoms with Gasteiger partial charge >= 0.3 is 6.61 Å². The average Bonchev–Trinajstić information content (AvgIpc) is 2.76. The van der Waals surface area contributed by atoms with Crippen LogP contribution in [0.25, 0.3) is 0 Å². The molecule has 0 fully saturated rings. The largest absolute Gasteiger partial charge is 0.497 e. The minimum atomic E-state index is -2.84. The fourth-order valence-corrected chi connectivity index (χ4v) is 2.79. The van der Waals surface area contributed by atoms with Gasteiger partial charge in [0, 0.05) is 32.2 Å². The van der Waals surface area contributed by atoms with Gasteiger partial charge in [-0.25, -0.2) is 0 Å². The van der Waals surface area contributed by atoms with Crippen molar-refractivity contribution in [3.63, 3.8) is 0 Å². The van der Waals surface area contributed by atoms with Gasteiger partial charge in [-0.3, -0.25) is 9.79 Å². The number of hydrogen-bond acceptors (Lipinski definition) is 4. The first-order valence-corrected chi connectivity index (χ1v) is 9.88. The van der Waals surface area contributed by atoms with E-state index >= 15 is 0 Å². The Bertz CT molecular complexity index is 860. The monoisotopic (exact) mass is 434 g/mol. The Hall–Kier alpha value is -3.36. The van der Waals surface area contributed by atoms with Crippen molar-refractivity contribution in [1.82, 2.24) is 15.5 Å². The van der Waals surface area contributed by atoms with Gasteiger partial charge < -0.3 is 25.0 Å². The van der Waals surface area contributed by atoms with E-state index < -0.39 is 6.61 Å². The zero-order valence-corrected chi connectivity index (χ0v) is 17.9. The topological polar surface area (TPSA) is 75.2 Å². The molecule has 31 heavy (non-hydrogen) atoms. The number of methoxy groups -OCH3 is 1. The Kier molecular flexibility index (Phi) is 9.54. The second kappa shape index (κ2) is 12.4. The van der Waals surface area contributed by atoms with Gasteiger partial charge in [0.05, 0.1) is 13.7 Å². The molecule has 0 saturated heterocycles. The van der Waals surface area contributed by atoms with Crippen LogP contribution in [0.5, 0.6) is 11.5 Å². The number of halogens is 2. The zero-order valence-electron chi connectivity index (χ0n) is 17.9. The van der Waals surface area contributed by atoms with E-state index in [1.807, 2.05) is 18.9 Å². The number of hydrogen-bond donors (Lipinski definition) is 2. The minimum Gasteiger partial charge on any atom is -0.497 e. The summed E-state index contributed by atoms with van der Waals surface area (Å²) in [6, 6.07) is 13.4. The second-order valence-electron chi connectivity index (χ2n) is 6.60. The van der Waals surface area contributed by atoms with Gasteiger partial charge in [0.15, 0.2) is 5.96 Å². The molecule has 2 rings (SSSR count). The maximum Gasteiger partial charge on any atom is 0.387 e. The number of nitrogens with one attached hydrogen (secondary N) is 2. The number of aliphatic imine (C=N–C) groups is 1. The molecule has 168 valence electrons. The van der Waals surface area contributed by atoms with Crippen LogP contribution in [0.2, 0.25) is 0 Å². The SMILES string of the molecule is CCNC(=NCCNC(=O)c1cccc(OC)c1)N(C)Cc1ccc(OC(F)F)cc1. The number of guanidine groups is 1. The molecule has 2 N–H and O–H groups in total. The summed E-state index contributed by atoms with van der Waals surface area (Å²) in [5, 5.41) is 6.03. The summed E-state index contributed by atoms with van der Waals surface area (Å²) in [4.78, 5) is 18.7. The van der Waals surface area contributed by atoms with Crippen LogP contribution in [0, 0.1) is 0 Å². The maximum atomic E-state index is 12.3. The quantitative estimate of drug-likeness (QED) is 0.341.